The SMILES string of the molecule is CCCCCCCCc1cc(Br)sc1-c1ccc(-c2sc(/C=c3/sc(=C(C#N)C#N)n(CCCCCCCC)c3=O)cc2CCCCCCCC)s1. The molecule has 0 bridgehead atoms. The molecular weight excluding hydrogens is 783 g/mol. The Bertz CT molecular complexity index is 1930. The third kappa shape index (κ3) is 12.7. The molecule has 0 saturated carbocycles. The first-order valence-corrected chi connectivity index (χ1v) is 23.8. The molecule has 0 spiro atoms. The fourth-order valence-corrected chi connectivity index (χ4v) is 12.0. The monoisotopic (exact) mass is 837 g/mol. The van der Waals surface area contributed by atoms with Crippen LogP contribution in [0, 0.1) is 22.7 Å². The van der Waals surface area contributed by atoms with E-state index < -0.39 is 0 Å². The molecule has 280 valence electrons. The summed E-state index contributed by atoms with van der Waals surface area (Å²) in [6.45, 7) is 7.28. The van der Waals surface area contributed by atoms with Crippen LogP contribution in [0.15, 0.2) is 32.8 Å². The van der Waals surface area contributed by atoms with Crippen LogP contribution in [0.25, 0.3) is 31.2 Å². The molecule has 9 heteroatoms. The van der Waals surface area contributed by atoms with Gasteiger partial charge in [-0.2, -0.15) is 10.5 Å². The van der Waals surface area contributed by atoms with Gasteiger partial charge in [0, 0.05) is 30.9 Å². The lowest BCUT2D eigenvalue weighted by atomic mass is 10.0. The zero-order valence-corrected chi connectivity index (χ0v) is 36.3. The largest absolute Gasteiger partial charge is 0.297 e. The van der Waals surface area contributed by atoms with Crippen LogP contribution in [-0.2, 0) is 19.4 Å². The van der Waals surface area contributed by atoms with Crippen molar-refractivity contribution in [3.8, 4) is 31.6 Å². The number of aryl methyl sites for hydroxylation is 2. The second kappa shape index (κ2) is 23.5. The van der Waals surface area contributed by atoms with Crippen LogP contribution in [0.5, 0.6) is 0 Å². The predicted molar refractivity (Wildman–Crippen MR) is 232 cm³/mol. The Kier molecular flexibility index (Phi) is 19.2. The van der Waals surface area contributed by atoms with Gasteiger partial charge in [-0.25, -0.2) is 0 Å². The Hall–Kier alpha value is -2.27. The number of unbranched alkanes of at least 4 members (excludes halogenated alkanes) is 15. The maximum atomic E-state index is 13.8. The van der Waals surface area contributed by atoms with Crippen LogP contribution >= 0.6 is 61.3 Å². The molecule has 0 aromatic carbocycles. The summed E-state index contributed by atoms with van der Waals surface area (Å²) in [7, 11) is 0. The maximum absolute atomic E-state index is 13.8. The molecular formula is C43H56BrN3OS4. The third-order valence-corrected chi connectivity index (χ3v) is 15.0. The zero-order valence-electron chi connectivity index (χ0n) is 31.5. The van der Waals surface area contributed by atoms with Crippen LogP contribution in [0.1, 0.15) is 152 Å². The first kappa shape index (κ1) is 42.5. The Morgan fingerprint density at radius 1 is 0.673 bits per heavy atom. The molecule has 4 aromatic rings. The van der Waals surface area contributed by atoms with E-state index >= 15 is 0 Å². The molecule has 0 atom stereocenters. The zero-order chi connectivity index (χ0) is 37.1. The van der Waals surface area contributed by atoms with E-state index in [0.717, 1.165) is 43.4 Å². The Morgan fingerprint density at radius 2 is 1.17 bits per heavy atom. The van der Waals surface area contributed by atoms with Crippen LogP contribution in [0.3, 0.4) is 0 Å². The van der Waals surface area contributed by atoms with Gasteiger partial charge in [-0.15, -0.1) is 45.3 Å². The van der Waals surface area contributed by atoms with E-state index in [-0.39, 0.29) is 11.1 Å². The second-order valence-electron chi connectivity index (χ2n) is 13.8. The van der Waals surface area contributed by atoms with E-state index in [0.29, 0.717) is 15.7 Å². The Balaban J connectivity index is 1.64. The lowest BCUT2D eigenvalue weighted by Gasteiger charge is -2.04. The smallest absolute Gasteiger partial charge is 0.269 e. The van der Waals surface area contributed by atoms with Crippen molar-refractivity contribution >= 4 is 72.9 Å². The molecule has 0 aliphatic heterocycles. The van der Waals surface area contributed by atoms with Crippen LogP contribution in [0.4, 0.5) is 0 Å². The highest BCUT2D eigenvalue weighted by atomic mass is 79.9. The summed E-state index contributed by atoms with van der Waals surface area (Å²) in [6.07, 6.45) is 26.1. The number of hydrogen-bond donors (Lipinski definition) is 0. The summed E-state index contributed by atoms with van der Waals surface area (Å²) in [5.41, 5.74) is 2.73. The van der Waals surface area contributed by atoms with Crippen molar-refractivity contribution in [3.05, 3.63) is 63.6 Å². The van der Waals surface area contributed by atoms with E-state index in [4.69, 9.17) is 0 Å². The van der Waals surface area contributed by atoms with Crippen molar-refractivity contribution in [2.24, 2.45) is 0 Å². The molecule has 0 radical (unpaired) electrons. The summed E-state index contributed by atoms with van der Waals surface area (Å²) in [5.74, 6) is 0. The third-order valence-electron chi connectivity index (χ3n) is 9.61. The van der Waals surface area contributed by atoms with Crippen LogP contribution < -0.4 is 14.8 Å². The van der Waals surface area contributed by atoms with Gasteiger partial charge in [-0.3, -0.25) is 9.36 Å². The summed E-state index contributed by atoms with van der Waals surface area (Å²) in [5, 5.41) is 19.5. The van der Waals surface area contributed by atoms with Gasteiger partial charge < -0.3 is 0 Å². The van der Waals surface area contributed by atoms with Crippen LogP contribution in [-0.4, -0.2) is 4.57 Å². The molecule has 0 unspecified atom stereocenters. The number of thiophene rings is 3. The van der Waals surface area contributed by atoms with Gasteiger partial charge in [-0.1, -0.05) is 117 Å². The Morgan fingerprint density at radius 3 is 1.73 bits per heavy atom. The number of thiazole rings is 1. The lowest BCUT2D eigenvalue weighted by molar-refractivity contribution is 0.548. The molecule has 4 aromatic heterocycles. The molecule has 0 aliphatic carbocycles. The standard InChI is InChI=1S/C43H56BrN3OS4/c1-4-7-10-13-16-19-22-32-27-35(29-38-42(48)47(26-21-18-15-12-9-6-3)43(51-38)34(30-45)31-46)49-40(32)36-24-25-37(50-36)41-33(28-39(44)52-41)23-20-17-14-11-8-5-2/h24-25,27-29H,4-23,26H2,1-3H3/b38-29+. The number of rotatable bonds is 24. The number of nitrogens with zero attached hydrogens (tertiary/aromatic N) is 3. The van der Waals surface area contributed by atoms with E-state index in [9.17, 15) is 15.3 Å². The van der Waals surface area contributed by atoms with Crippen molar-refractivity contribution < 1.29 is 0 Å². The number of hydrogen-bond acceptors (Lipinski definition) is 7. The maximum Gasteiger partial charge on any atom is 0.269 e. The van der Waals surface area contributed by atoms with Crippen molar-refractivity contribution in [2.45, 2.75) is 156 Å². The van der Waals surface area contributed by atoms with Gasteiger partial charge in [0.25, 0.3) is 5.56 Å². The van der Waals surface area contributed by atoms with Gasteiger partial charge >= 0.3 is 0 Å². The number of nitriles is 2. The Labute approximate surface area is 336 Å². The number of aromatic nitrogens is 1. The van der Waals surface area contributed by atoms with Gasteiger partial charge in [0.2, 0.25) is 0 Å². The molecule has 4 heterocycles. The molecule has 52 heavy (non-hydrogen) atoms. The minimum absolute atomic E-state index is 0.0190. The topological polar surface area (TPSA) is 69.6 Å². The van der Waals surface area contributed by atoms with E-state index in [1.807, 2.05) is 40.9 Å². The molecule has 0 fully saturated rings. The van der Waals surface area contributed by atoms with Gasteiger partial charge in [0.05, 0.1) is 8.32 Å². The predicted octanol–water partition coefficient (Wildman–Crippen LogP) is 13.4. The molecule has 0 saturated heterocycles. The van der Waals surface area contributed by atoms with Crippen molar-refractivity contribution in [1.82, 2.24) is 4.57 Å². The average molecular weight is 839 g/mol. The summed E-state index contributed by atoms with van der Waals surface area (Å²) in [6, 6.07) is 13.3. The molecule has 4 rings (SSSR count). The van der Waals surface area contributed by atoms with Gasteiger partial charge in [0.1, 0.15) is 16.8 Å². The minimum atomic E-state index is -0.0939. The van der Waals surface area contributed by atoms with Crippen molar-refractivity contribution in [3.63, 3.8) is 0 Å². The fraction of sp³-hybridized carbons (Fsp3) is 0.558. The highest BCUT2D eigenvalue weighted by molar-refractivity contribution is 9.11. The first-order valence-electron chi connectivity index (χ1n) is 19.7. The summed E-state index contributed by atoms with van der Waals surface area (Å²) >= 11 is 10.6. The summed E-state index contributed by atoms with van der Waals surface area (Å²) < 4.78 is 3.95. The quantitative estimate of drug-likeness (QED) is 0.0660. The lowest BCUT2D eigenvalue weighted by Crippen LogP contribution is -2.32. The normalized spacial score (nSPS) is 11.7. The highest BCUT2D eigenvalue weighted by Gasteiger charge is 2.17. The number of halogens is 1. The van der Waals surface area contributed by atoms with Crippen LogP contribution in [0.2, 0.25) is 0 Å². The second-order valence-corrected chi connectivity index (χ2v) is 19.5. The molecule has 0 amide bonds. The molecule has 0 aliphatic rings. The van der Waals surface area contributed by atoms with Crippen molar-refractivity contribution in [2.75, 3.05) is 0 Å². The van der Waals surface area contributed by atoms with E-state index in [2.05, 4.69) is 61.0 Å². The highest BCUT2D eigenvalue weighted by Crippen LogP contribution is 2.45. The average Bonchev–Trinajstić information content (AvgIpc) is 3.93. The fourth-order valence-electron chi connectivity index (χ4n) is 6.69. The minimum Gasteiger partial charge on any atom is -0.297 e. The van der Waals surface area contributed by atoms with E-state index in [1.54, 1.807) is 15.9 Å². The van der Waals surface area contributed by atoms with Gasteiger partial charge in [0.15, 0.2) is 5.57 Å². The van der Waals surface area contributed by atoms with E-state index in [1.165, 1.54) is 136 Å². The first-order chi connectivity index (χ1) is 25.4. The molecule has 4 nitrogen and oxygen atoms in total. The van der Waals surface area contributed by atoms with Crippen molar-refractivity contribution in [1.29, 1.82) is 10.5 Å². The summed E-state index contributed by atoms with van der Waals surface area (Å²) in [4.78, 5) is 20.2. The van der Waals surface area contributed by atoms with Gasteiger partial charge in [-0.05, 0) is 89.5 Å². The molecule has 0 N–H and O–H groups in total.